The number of likely N-dealkylation sites (N-methyl/N-ethyl adjacent to an activating group) is 1. The van der Waals surface area contributed by atoms with Crippen molar-refractivity contribution < 1.29 is 55.5 Å². The maximum Gasteiger partial charge on any atom is 0.157 e. The summed E-state index contributed by atoms with van der Waals surface area (Å²) in [6, 6.07) is 0. The van der Waals surface area contributed by atoms with E-state index in [2.05, 4.69) is 52.2 Å². The Morgan fingerprint density at radius 3 is 1.22 bits per heavy atom. The highest BCUT2D eigenvalue weighted by atomic mass is 35.5. The third kappa shape index (κ3) is 56.2. The molecule has 0 aromatic rings. The van der Waals surface area contributed by atoms with Gasteiger partial charge in [-0.3, -0.25) is 0 Å². The molecule has 0 aliphatic rings. The van der Waals surface area contributed by atoms with Crippen LogP contribution in [0.5, 0.6) is 0 Å². The van der Waals surface area contributed by atoms with Crippen LogP contribution in [-0.4, -0.2) is 127 Å². The van der Waals surface area contributed by atoms with Crippen LogP contribution in [0.3, 0.4) is 0 Å². The number of ether oxygens (including phenoxy) is 6. The fourth-order valence-electron chi connectivity index (χ4n) is 8.47. The number of quaternary nitrogens is 1. The van der Waals surface area contributed by atoms with Crippen molar-refractivity contribution >= 4 is 0 Å². The van der Waals surface area contributed by atoms with Gasteiger partial charge in [0.25, 0.3) is 0 Å². The van der Waals surface area contributed by atoms with E-state index in [1.54, 1.807) is 0 Å². The molecule has 9 nitrogen and oxygen atoms in total. The molecule has 1 unspecified atom stereocenters. The summed E-state index contributed by atoms with van der Waals surface area (Å²) in [5.74, 6) is 0. The van der Waals surface area contributed by atoms with Gasteiger partial charge >= 0.3 is 0 Å². The molecular weight excluding hydrogens is 862 g/mol. The number of unbranched alkanes of at least 4 members (excludes halogenated alkanes) is 28. The van der Waals surface area contributed by atoms with E-state index in [0.717, 1.165) is 62.9 Å². The van der Waals surface area contributed by atoms with E-state index in [4.69, 9.17) is 38.6 Å². The highest BCUT2D eigenvalue weighted by Crippen LogP contribution is 2.16. The Kier molecular flexibility index (Phi) is 59.3. The van der Waals surface area contributed by atoms with E-state index in [9.17, 15) is 0 Å². The fourth-order valence-corrected chi connectivity index (χ4v) is 8.47. The number of aliphatic hydroxyl groups excluding tert-OH is 2. The Bertz CT molecular complexity index is 958. The van der Waals surface area contributed by atoms with Crippen molar-refractivity contribution in [3.05, 3.63) is 24.3 Å². The topological polar surface area (TPSA) is 95.8 Å². The molecule has 0 rings (SSSR count). The van der Waals surface area contributed by atoms with Crippen LogP contribution in [0.2, 0.25) is 0 Å². The van der Waals surface area contributed by atoms with Crippen molar-refractivity contribution in [3.63, 3.8) is 0 Å². The molecule has 10 heteroatoms. The van der Waals surface area contributed by atoms with Crippen molar-refractivity contribution in [1.29, 1.82) is 0 Å². The van der Waals surface area contributed by atoms with Crippen LogP contribution in [0.15, 0.2) is 24.3 Å². The van der Waals surface area contributed by atoms with Gasteiger partial charge in [-0.15, -0.1) is 0 Å². The first kappa shape index (κ1) is 68.5. The van der Waals surface area contributed by atoms with E-state index in [-0.39, 0.29) is 38.0 Å². The van der Waals surface area contributed by atoms with Crippen molar-refractivity contribution in [3.8, 4) is 0 Å². The van der Waals surface area contributed by atoms with Gasteiger partial charge in [0.1, 0.15) is 12.6 Å². The number of rotatable bonds is 57. The molecule has 0 aromatic heterocycles. The zero-order valence-corrected chi connectivity index (χ0v) is 45.6. The fraction of sp³-hybridized carbons (Fsp3) is 0.930. The molecule has 0 aromatic carbocycles. The van der Waals surface area contributed by atoms with Crippen molar-refractivity contribution in [1.82, 2.24) is 0 Å². The number of allylic oxidation sites excluding steroid dienone is 4. The van der Waals surface area contributed by atoms with Crippen LogP contribution in [0.1, 0.15) is 232 Å². The molecule has 402 valence electrons. The van der Waals surface area contributed by atoms with Gasteiger partial charge in [-0.1, -0.05) is 167 Å². The predicted molar refractivity (Wildman–Crippen MR) is 281 cm³/mol. The Morgan fingerprint density at radius 1 is 0.388 bits per heavy atom. The molecule has 0 radical (unpaired) electrons. The molecule has 0 heterocycles. The normalized spacial score (nSPS) is 12.6. The first-order valence-electron chi connectivity index (χ1n) is 28.4. The van der Waals surface area contributed by atoms with E-state index in [1.165, 1.54) is 186 Å². The Hall–Kier alpha value is -0.590. The molecular formula is C57H114ClNO8. The SMILES string of the molecule is CCCCCCCC/C=C\CCCCCCCCOCC(C[N+](C)(C)CCCCCCCC(OCCOCCO)OCCOCCO)OCCCCCCCC/C=C\CCCCCCCC.[Cl-]. The average Bonchev–Trinajstić information content (AvgIpc) is 3.31. The number of nitrogens with zero attached hydrogens (tertiary/aromatic N) is 1. The van der Waals surface area contributed by atoms with E-state index < -0.39 is 0 Å². The molecule has 0 saturated carbocycles. The lowest BCUT2D eigenvalue weighted by Crippen LogP contribution is -3.00. The maximum atomic E-state index is 8.94. The second-order valence-corrected chi connectivity index (χ2v) is 19.7. The largest absolute Gasteiger partial charge is 1.00 e. The standard InChI is InChI=1S/C57H114NO8.ClH/c1-5-7-9-11-13-15-17-19-21-23-25-27-29-31-36-40-46-63-55-56(64-47-41-37-32-30-28-26-24-22-20-18-16-14-12-10-8-6-2)54-58(3,4)43-39-35-33-34-38-42-57(65-52-50-61-48-44-59)66-53-51-62-49-45-60;/h19-22,56-57,59-60H,5-18,23-55H2,1-4H3;1H/q+1;/p-1/b21-19-,22-20-;. The summed E-state index contributed by atoms with van der Waals surface area (Å²) in [4.78, 5) is 0. The van der Waals surface area contributed by atoms with Crippen LogP contribution in [0.4, 0.5) is 0 Å². The zero-order chi connectivity index (χ0) is 48.0. The summed E-state index contributed by atoms with van der Waals surface area (Å²) in [5, 5.41) is 17.9. The minimum absolute atomic E-state index is 0. The van der Waals surface area contributed by atoms with E-state index >= 15 is 0 Å². The summed E-state index contributed by atoms with van der Waals surface area (Å²) >= 11 is 0. The van der Waals surface area contributed by atoms with E-state index in [1.807, 2.05) is 0 Å². The molecule has 0 bridgehead atoms. The Labute approximate surface area is 422 Å². The molecule has 0 amide bonds. The maximum absolute atomic E-state index is 8.94. The monoisotopic (exact) mass is 976 g/mol. The average molecular weight is 977 g/mol. The Balaban J connectivity index is 0. The van der Waals surface area contributed by atoms with Gasteiger partial charge in [0.15, 0.2) is 6.29 Å². The number of halogens is 1. The molecule has 2 N–H and O–H groups in total. The van der Waals surface area contributed by atoms with Gasteiger partial charge in [-0.05, 0) is 89.9 Å². The van der Waals surface area contributed by atoms with Crippen LogP contribution in [0, 0.1) is 0 Å². The minimum Gasteiger partial charge on any atom is -1.00 e. The lowest BCUT2D eigenvalue weighted by Gasteiger charge is -2.33. The summed E-state index contributed by atoms with van der Waals surface area (Å²) < 4.78 is 36.4. The summed E-state index contributed by atoms with van der Waals surface area (Å²) in [6.45, 7) is 11.5. The van der Waals surface area contributed by atoms with Crippen molar-refractivity contribution in [2.75, 3.05) is 99.9 Å². The molecule has 67 heavy (non-hydrogen) atoms. The molecule has 0 aliphatic carbocycles. The summed E-state index contributed by atoms with van der Waals surface area (Å²) in [7, 11) is 4.72. The number of hydrogen-bond acceptors (Lipinski definition) is 8. The second kappa shape index (κ2) is 58.0. The zero-order valence-electron chi connectivity index (χ0n) is 44.9. The van der Waals surface area contributed by atoms with Gasteiger partial charge in [-0.25, -0.2) is 0 Å². The van der Waals surface area contributed by atoms with E-state index in [0.29, 0.717) is 46.2 Å². The van der Waals surface area contributed by atoms with Crippen molar-refractivity contribution in [2.45, 2.75) is 245 Å². The highest BCUT2D eigenvalue weighted by molar-refractivity contribution is 4.82. The first-order chi connectivity index (χ1) is 32.5. The van der Waals surface area contributed by atoms with Crippen LogP contribution in [-0.2, 0) is 28.4 Å². The third-order valence-corrected chi connectivity index (χ3v) is 12.5. The molecule has 0 spiro atoms. The highest BCUT2D eigenvalue weighted by Gasteiger charge is 2.23. The number of aliphatic hydroxyl groups is 2. The predicted octanol–water partition coefficient (Wildman–Crippen LogP) is 11.3. The molecule has 1 atom stereocenters. The summed E-state index contributed by atoms with van der Waals surface area (Å²) in [5.41, 5.74) is 0. The van der Waals surface area contributed by atoms with Crippen molar-refractivity contribution in [2.24, 2.45) is 0 Å². The van der Waals surface area contributed by atoms with Gasteiger partial charge < -0.3 is 55.5 Å². The first-order valence-corrected chi connectivity index (χ1v) is 28.4. The smallest absolute Gasteiger partial charge is 0.157 e. The summed E-state index contributed by atoms with van der Waals surface area (Å²) in [6.07, 6.45) is 53.2. The second-order valence-electron chi connectivity index (χ2n) is 19.7. The third-order valence-electron chi connectivity index (χ3n) is 12.5. The minimum atomic E-state index is -0.297. The lowest BCUT2D eigenvalue weighted by molar-refractivity contribution is -0.893. The Morgan fingerprint density at radius 2 is 0.776 bits per heavy atom. The van der Waals surface area contributed by atoms with Crippen LogP contribution >= 0.6 is 0 Å². The molecule has 0 fully saturated rings. The van der Waals surface area contributed by atoms with Crippen LogP contribution < -0.4 is 12.4 Å². The molecule has 0 saturated heterocycles. The van der Waals surface area contributed by atoms with Gasteiger partial charge in [0, 0.05) is 13.2 Å². The number of hydrogen-bond donors (Lipinski definition) is 2. The lowest BCUT2D eigenvalue weighted by atomic mass is 10.1. The van der Waals surface area contributed by atoms with Gasteiger partial charge in [0.2, 0.25) is 0 Å². The van der Waals surface area contributed by atoms with Gasteiger partial charge in [0.05, 0.1) is 80.1 Å². The van der Waals surface area contributed by atoms with Crippen LogP contribution in [0.25, 0.3) is 0 Å². The quantitative estimate of drug-likeness (QED) is 0.0269. The van der Waals surface area contributed by atoms with Gasteiger partial charge in [-0.2, -0.15) is 0 Å². The molecule has 0 aliphatic heterocycles.